The van der Waals surface area contributed by atoms with Crippen LogP contribution in [0, 0.1) is 5.92 Å². The summed E-state index contributed by atoms with van der Waals surface area (Å²) in [6.45, 7) is 13.2. The van der Waals surface area contributed by atoms with Crippen LogP contribution in [0.25, 0.3) is 0 Å². The van der Waals surface area contributed by atoms with Crippen molar-refractivity contribution in [2.24, 2.45) is 5.92 Å². The topological polar surface area (TPSA) is 69.6 Å². The van der Waals surface area contributed by atoms with E-state index >= 15 is 0 Å². The minimum absolute atomic E-state index is 0.0723. The number of amides is 2. The van der Waals surface area contributed by atoms with Crippen LogP contribution in [-0.4, -0.2) is 35.0 Å². The Bertz CT molecular complexity index is 940. The lowest BCUT2D eigenvalue weighted by atomic mass is 9.95. The first-order valence-corrected chi connectivity index (χ1v) is 11.4. The molecule has 1 heterocycles. The summed E-state index contributed by atoms with van der Waals surface area (Å²) in [5.74, 6) is -0.0773. The van der Waals surface area contributed by atoms with Gasteiger partial charge in [-0.25, -0.2) is 0 Å². The van der Waals surface area contributed by atoms with Gasteiger partial charge in [-0.3, -0.25) is 9.59 Å². The maximum atomic E-state index is 13.2. The molecule has 0 aliphatic carbocycles. The first kappa shape index (κ1) is 25.3. The van der Waals surface area contributed by atoms with Gasteiger partial charge in [0.2, 0.25) is 0 Å². The van der Waals surface area contributed by atoms with Gasteiger partial charge >= 0.3 is 0 Å². The van der Waals surface area contributed by atoms with Gasteiger partial charge in [0.1, 0.15) is 0 Å². The van der Waals surface area contributed by atoms with Gasteiger partial charge in [0.05, 0.1) is 11.3 Å². The summed E-state index contributed by atoms with van der Waals surface area (Å²) in [6.07, 6.45) is 9.79. The molecule has 5 heteroatoms. The standard InChI is InChI=1S/C27H36N2O3/c1-6-10-13-23(19(5)7-2)22(9-4)26(31)28-24-14-11-12-21-18-29(27(32)25(21)24)17-20(8-3)15-16-30/h6,9-14,20,30H,5,7-8,15-18H2,1-4H3,(H,28,31)/b10-6-,22-9+,23-13+. The van der Waals surface area contributed by atoms with Crippen LogP contribution in [0.1, 0.15) is 62.9 Å². The summed E-state index contributed by atoms with van der Waals surface area (Å²) < 4.78 is 0. The number of nitrogens with one attached hydrogen (secondary N) is 1. The van der Waals surface area contributed by atoms with Crippen molar-refractivity contribution in [3.8, 4) is 0 Å². The molecule has 32 heavy (non-hydrogen) atoms. The quantitative estimate of drug-likeness (QED) is 0.360. The molecule has 172 valence electrons. The molecule has 1 unspecified atom stereocenters. The van der Waals surface area contributed by atoms with Crippen LogP contribution in [0.15, 0.2) is 65.8 Å². The van der Waals surface area contributed by atoms with Crippen molar-refractivity contribution in [1.82, 2.24) is 4.90 Å². The number of hydrogen-bond donors (Lipinski definition) is 2. The highest BCUT2D eigenvalue weighted by Crippen LogP contribution is 2.31. The van der Waals surface area contributed by atoms with Crippen molar-refractivity contribution in [3.63, 3.8) is 0 Å². The Kier molecular flexibility index (Phi) is 9.66. The summed E-state index contributed by atoms with van der Waals surface area (Å²) in [6, 6.07) is 5.58. The first-order valence-electron chi connectivity index (χ1n) is 11.4. The predicted octanol–water partition coefficient (Wildman–Crippen LogP) is 5.40. The van der Waals surface area contributed by atoms with E-state index in [1.807, 2.05) is 56.0 Å². The van der Waals surface area contributed by atoms with E-state index in [2.05, 4.69) is 18.8 Å². The number of rotatable bonds is 11. The molecular formula is C27H36N2O3. The lowest BCUT2D eigenvalue weighted by Gasteiger charge is -2.22. The van der Waals surface area contributed by atoms with Gasteiger partial charge in [-0.15, -0.1) is 0 Å². The molecule has 2 N–H and O–H groups in total. The second kappa shape index (κ2) is 12.2. The first-order chi connectivity index (χ1) is 15.4. The summed E-state index contributed by atoms with van der Waals surface area (Å²) in [5, 5.41) is 12.3. The molecule has 1 aromatic rings. The molecule has 0 fully saturated rings. The Morgan fingerprint density at radius 3 is 2.62 bits per heavy atom. The van der Waals surface area contributed by atoms with E-state index < -0.39 is 0 Å². The number of carbonyl (C=O) groups excluding carboxylic acids is 2. The van der Waals surface area contributed by atoms with Crippen molar-refractivity contribution in [2.45, 2.75) is 53.5 Å². The van der Waals surface area contributed by atoms with Crippen molar-refractivity contribution in [3.05, 3.63) is 76.9 Å². The molecule has 1 atom stereocenters. The van der Waals surface area contributed by atoms with Crippen LogP contribution < -0.4 is 5.32 Å². The monoisotopic (exact) mass is 436 g/mol. The third-order valence-electron chi connectivity index (χ3n) is 5.94. The van der Waals surface area contributed by atoms with Crippen LogP contribution in [0.3, 0.4) is 0 Å². The highest BCUT2D eigenvalue weighted by molar-refractivity contribution is 6.12. The SMILES string of the molecule is C=C(CC)C(=C\C=C/C)/C(=C\C)C(=O)Nc1cccc2c1C(=O)N(CC(CC)CCO)C2. The van der Waals surface area contributed by atoms with Crippen molar-refractivity contribution >= 4 is 17.5 Å². The molecule has 0 saturated heterocycles. The molecule has 1 aliphatic heterocycles. The summed E-state index contributed by atoms with van der Waals surface area (Å²) in [4.78, 5) is 28.2. The smallest absolute Gasteiger partial charge is 0.256 e. The molecule has 1 aliphatic rings. The third-order valence-corrected chi connectivity index (χ3v) is 5.94. The molecular weight excluding hydrogens is 400 g/mol. The minimum Gasteiger partial charge on any atom is -0.396 e. The normalized spacial score (nSPS) is 15.3. The van der Waals surface area contributed by atoms with Crippen LogP contribution in [-0.2, 0) is 11.3 Å². The van der Waals surface area contributed by atoms with E-state index in [0.717, 1.165) is 29.6 Å². The molecule has 2 amide bonds. The fourth-order valence-electron chi connectivity index (χ4n) is 3.97. The molecule has 0 radical (unpaired) electrons. The number of nitrogens with zero attached hydrogens (tertiary/aromatic N) is 1. The Balaban J connectivity index is 2.29. The van der Waals surface area contributed by atoms with Gasteiger partial charge < -0.3 is 15.3 Å². The number of benzene rings is 1. The number of anilines is 1. The summed E-state index contributed by atoms with van der Waals surface area (Å²) >= 11 is 0. The van der Waals surface area contributed by atoms with Crippen molar-refractivity contribution < 1.29 is 14.7 Å². The van der Waals surface area contributed by atoms with Gasteiger partial charge in [-0.05, 0) is 55.4 Å². The Morgan fingerprint density at radius 2 is 2.03 bits per heavy atom. The predicted molar refractivity (Wildman–Crippen MR) is 131 cm³/mol. The largest absolute Gasteiger partial charge is 0.396 e. The van der Waals surface area contributed by atoms with Gasteiger partial charge in [0.25, 0.3) is 11.8 Å². The van der Waals surface area contributed by atoms with Crippen LogP contribution >= 0.6 is 0 Å². The molecule has 0 aromatic heterocycles. The van der Waals surface area contributed by atoms with Gasteiger partial charge in [-0.1, -0.05) is 63.3 Å². The van der Waals surface area contributed by atoms with E-state index in [0.29, 0.717) is 36.3 Å². The minimum atomic E-state index is -0.260. The van der Waals surface area contributed by atoms with Gasteiger partial charge in [0, 0.05) is 25.3 Å². The Labute approximate surface area is 192 Å². The number of hydrogen-bond acceptors (Lipinski definition) is 3. The van der Waals surface area contributed by atoms with E-state index in [1.165, 1.54) is 0 Å². The van der Waals surface area contributed by atoms with Crippen LogP contribution in [0.4, 0.5) is 5.69 Å². The molecule has 0 saturated carbocycles. The van der Waals surface area contributed by atoms with Crippen LogP contribution in [0.2, 0.25) is 0 Å². The van der Waals surface area contributed by atoms with Crippen molar-refractivity contribution in [1.29, 1.82) is 0 Å². The zero-order valence-corrected chi connectivity index (χ0v) is 19.8. The maximum absolute atomic E-state index is 13.2. The fourth-order valence-corrected chi connectivity index (χ4v) is 3.97. The average Bonchev–Trinajstić information content (AvgIpc) is 3.11. The maximum Gasteiger partial charge on any atom is 0.256 e. The van der Waals surface area contributed by atoms with E-state index in [-0.39, 0.29) is 24.3 Å². The van der Waals surface area contributed by atoms with Crippen LogP contribution in [0.5, 0.6) is 0 Å². The highest BCUT2D eigenvalue weighted by Gasteiger charge is 2.31. The zero-order valence-electron chi connectivity index (χ0n) is 19.8. The molecule has 5 nitrogen and oxygen atoms in total. The highest BCUT2D eigenvalue weighted by atomic mass is 16.3. The molecule has 0 bridgehead atoms. The van der Waals surface area contributed by atoms with E-state index in [1.54, 1.807) is 12.1 Å². The average molecular weight is 437 g/mol. The second-order valence-corrected chi connectivity index (χ2v) is 8.03. The lowest BCUT2D eigenvalue weighted by molar-refractivity contribution is -0.112. The van der Waals surface area contributed by atoms with Gasteiger partial charge in [0.15, 0.2) is 0 Å². The summed E-state index contributed by atoms with van der Waals surface area (Å²) in [5.41, 5.74) is 4.20. The van der Waals surface area contributed by atoms with Gasteiger partial charge in [-0.2, -0.15) is 0 Å². The number of allylic oxidation sites excluding steroid dienone is 5. The number of aliphatic hydroxyl groups excluding tert-OH is 1. The zero-order chi connectivity index (χ0) is 23.7. The van der Waals surface area contributed by atoms with Crippen molar-refractivity contribution in [2.75, 3.05) is 18.5 Å². The Hall–Kier alpha value is -2.92. The van der Waals surface area contributed by atoms with E-state index in [9.17, 15) is 14.7 Å². The third kappa shape index (κ3) is 5.86. The number of fused-ring (bicyclic) bond motifs is 1. The molecule has 2 rings (SSSR count). The summed E-state index contributed by atoms with van der Waals surface area (Å²) in [7, 11) is 0. The molecule has 1 aromatic carbocycles. The lowest BCUT2D eigenvalue weighted by Crippen LogP contribution is -2.30. The van der Waals surface area contributed by atoms with E-state index in [4.69, 9.17) is 0 Å². The molecule has 0 spiro atoms. The number of carbonyl (C=O) groups is 2. The Morgan fingerprint density at radius 1 is 1.28 bits per heavy atom. The fraction of sp³-hybridized carbons (Fsp3) is 0.407. The second-order valence-electron chi connectivity index (χ2n) is 8.03. The number of aliphatic hydroxyl groups is 1.